The zero-order valence-corrected chi connectivity index (χ0v) is 14.4. The highest BCUT2D eigenvalue weighted by Crippen LogP contribution is 2.37. The molecular formula is C23H16O4. The topological polar surface area (TPSA) is 52.6 Å². The van der Waals surface area contributed by atoms with E-state index in [0.717, 1.165) is 11.1 Å². The Morgan fingerprint density at radius 3 is 2.04 bits per heavy atom. The van der Waals surface area contributed by atoms with Crippen molar-refractivity contribution in [3.8, 4) is 0 Å². The number of ketones is 2. The molecule has 4 heteroatoms. The molecule has 1 aliphatic carbocycles. The predicted molar refractivity (Wildman–Crippen MR) is 98.7 cm³/mol. The first-order valence-electron chi connectivity index (χ1n) is 8.87. The van der Waals surface area contributed by atoms with Gasteiger partial charge in [0, 0.05) is 27.8 Å². The van der Waals surface area contributed by atoms with E-state index >= 15 is 0 Å². The first-order chi connectivity index (χ1) is 13.2. The largest absolute Gasteiger partial charge is 0.345 e. The maximum atomic E-state index is 12.9. The molecule has 0 radical (unpaired) electrons. The molecule has 0 amide bonds. The van der Waals surface area contributed by atoms with Crippen molar-refractivity contribution in [2.24, 2.45) is 0 Å². The quantitative estimate of drug-likeness (QED) is 0.539. The van der Waals surface area contributed by atoms with Gasteiger partial charge in [0.2, 0.25) is 0 Å². The van der Waals surface area contributed by atoms with Crippen molar-refractivity contribution in [3.63, 3.8) is 0 Å². The van der Waals surface area contributed by atoms with Gasteiger partial charge in [0.1, 0.15) is 6.10 Å². The van der Waals surface area contributed by atoms with E-state index < -0.39 is 6.29 Å². The summed E-state index contributed by atoms with van der Waals surface area (Å²) in [5, 5.41) is 0. The van der Waals surface area contributed by atoms with E-state index in [0.29, 0.717) is 28.9 Å². The minimum atomic E-state index is -0.426. The van der Waals surface area contributed by atoms with Crippen molar-refractivity contribution < 1.29 is 19.1 Å². The highest BCUT2D eigenvalue weighted by atomic mass is 16.7. The lowest BCUT2D eigenvalue weighted by Gasteiger charge is -2.19. The second-order valence-corrected chi connectivity index (χ2v) is 6.71. The summed E-state index contributed by atoms with van der Waals surface area (Å²) in [5.41, 5.74) is 3.60. The second-order valence-electron chi connectivity index (χ2n) is 6.71. The van der Waals surface area contributed by atoms with Gasteiger partial charge in [0.15, 0.2) is 17.9 Å². The molecule has 0 N–H and O–H groups in total. The summed E-state index contributed by atoms with van der Waals surface area (Å²) in [7, 11) is 0. The molecule has 132 valence electrons. The van der Waals surface area contributed by atoms with Crippen molar-refractivity contribution in [2.75, 3.05) is 6.61 Å². The Bertz CT molecular complexity index is 1050. The average molecular weight is 356 g/mol. The minimum Gasteiger partial charge on any atom is -0.345 e. The molecular weight excluding hydrogens is 340 g/mol. The monoisotopic (exact) mass is 356 g/mol. The Kier molecular flexibility index (Phi) is 3.74. The average Bonchev–Trinajstić information content (AvgIpc) is 3.23. The van der Waals surface area contributed by atoms with Crippen LogP contribution in [0.15, 0.2) is 72.8 Å². The lowest BCUT2D eigenvalue weighted by atomic mass is 9.83. The van der Waals surface area contributed by atoms with Crippen LogP contribution in [0.4, 0.5) is 0 Å². The Balaban J connectivity index is 1.47. The molecule has 3 aromatic carbocycles. The molecule has 0 aromatic heterocycles. The van der Waals surface area contributed by atoms with Crippen LogP contribution in [0, 0.1) is 0 Å². The number of carbonyl (C=O) groups is 2. The molecule has 0 saturated carbocycles. The second kappa shape index (κ2) is 6.27. The number of hydrogen-bond acceptors (Lipinski definition) is 4. The van der Waals surface area contributed by atoms with Crippen LogP contribution >= 0.6 is 0 Å². The normalized spacial score (nSPS) is 21.0. The van der Waals surface area contributed by atoms with Gasteiger partial charge in [-0.3, -0.25) is 9.59 Å². The SMILES string of the molecule is O=C1c2ccccc2C(=O)c2cc(C3COC(c4ccccc4)O3)ccc21. The molecule has 0 spiro atoms. The van der Waals surface area contributed by atoms with Gasteiger partial charge in [-0.05, 0) is 17.7 Å². The van der Waals surface area contributed by atoms with Crippen molar-refractivity contribution in [2.45, 2.75) is 12.4 Å². The van der Waals surface area contributed by atoms with Crippen LogP contribution in [0.25, 0.3) is 0 Å². The van der Waals surface area contributed by atoms with E-state index in [1.807, 2.05) is 36.4 Å². The molecule has 1 heterocycles. The molecule has 1 saturated heterocycles. The highest BCUT2D eigenvalue weighted by Gasteiger charge is 2.33. The van der Waals surface area contributed by atoms with Crippen molar-refractivity contribution in [1.82, 2.24) is 0 Å². The molecule has 4 nitrogen and oxygen atoms in total. The molecule has 2 atom stereocenters. The number of ether oxygens (including phenoxy) is 2. The third-order valence-corrected chi connectivity index (χ3v) is 5.08. The lowest BCUT2D eigenvalue weighted by molar-refractivity contribution is -0.0607. The highest BCUT2D eigenvalue weighted by molar-refractivity contribution is 6.28. The number of hydrogen-bond donors (Lipinski definition) is 0. The van der Waals surface area contributed by atoms with Crippen molar-refractivity contribution in [3.05, 3.63) is 106 Å². The third-order valence-electron chi connectivity index (χ3n) is 5.08. The third kappa shape index (κ3) is 2.62. The molecule has 0 bridgehead atoms. The Morgan fingerprint density at radius 2 is 1.30 bits per heavy atom. The molecule has 1 fully saturated rings. The Morgan fingerprint density at radius 1 is 0.667 bits per heavy atom. The van der Waals surface area contributed by atoms with Gasteiger partial charge in [0.05, 0.1) is 6.61 Å². The standard InChI is InChI=1S/C23H16O4/c24-21-16-8-4-5-9-17(16)22(25)19-12-15(10-11-18(19)21)20-13-26-23(27-20)14-6-2-1-3-7-14/h1-12,20,23H,13H2. The predicted octanol–water partition coefficient (Wildman–Crippen LogP) is 4.25. The molecule has 5 rings (SSSR count). The van der Waals surface area contributed by atoms with Gasteiger partial charge >= 0.3 is 0 Å². The molecule has 1 aliphatic heterocycles. The summed E-state index contributed by atoms with van der Waals surface area (Å²) >= 11 is 0. The Labute approximate surface area is 156 Å². The van der Waals surface area contributed by atoms with E-state index in [1.165, 1.54) is 0 Å². The molecule has 2 unspecified atom stereocenters. The van der Waals surface area contributed by atoms with Gasteiger partial charge in [-0.15, -0.1) is 0 Å². The van der Waals surface area contributed by atoms with Gasteiger partial charge in [-0.1, -0.05) is 60.7 Å². The fourth-order valence-corrected chi connectivity index (χ4v) is 3.68. The summed E-state index contributed by atoms with van der Waals surface area (Å²) in [6.45, 7) is 0.400. The number of fused-ring (bicyclic) bond motifs is 2. The van der Waals surface area contributed by atoms with Gasteiger partial charge in [-0.2, -0.15) is 0 Å². The fourth-order valence-electron chi connectivity index (χ4n) is 3.68. The van der Waals surface area contributed by atoms with Gasteiger partial charge in [0.25, 0.3) is 0 Å². The fraction of sp³-hybridized carbons (Fsp3) is 0.130. The molecule has 3 aromatic rings. The summed E-state index contributed by atoms with van der Waals surface area (Å²) in [5.74, 6) is -0.238. The van der Waals surface area contributed by atoms with E-state index in [-0.39, 0.29) is 17.7 Å². The van der Waals surface area contributed by atoms with Crippen LogP contribution in [-0.4, -0.2) is 18.2 Å². The zero-order valence-electron chi connectivity index (χ0n) is 14.4. The summed E-state index contributed by atoms with van der Waals surface area (Å²) in [6.07, 6.45) is -0.703. The lowest BCUT2D eigenvalue weighted by Crippen LogP contribution is -2.21. The summed E-state index contributed by atoms with van der Waals surface area (Å²) in [6, 6.07) is 22.0. The first kappa shape index (κ1) is 16.1. The van der Waals surface area contributed by atoms with Crippen LogP contribution in [-0.2, 0) is 9.47 Å². The summed E-state index contributed by atoms with van der Waals surface area (Å²) in [4.78, 5) is 25.6. The van der Waals surface area contributed by atoms with E-state index in [4.69, 9.17) is 9.47 Å². The summed E-state index contributed by atoms with van der Waals surface area (Å²) < 4.78 is 11.8. The van der Waals surface area contributed by atoms with Crippen LogP contribution in [0.1, 0.15) is 55.4 Å². The van der Waals surface area contributed by atoms with Crippen LogP contribution in [0.2, 0.25) is 0 Å². The molecule has 27 heavy (non-hydrogen) atoms. The van der Waals surface area contributed by atoms with E-state index in [2.05, 4.69) is 0 Å². The number of carbonyl (C=O) groups excluding carboxylic acids is 2. The maximum Gasteiger partial charge on any atom is 0.194 e. The Hall–Kier alpha value is -3.08. The van der Waals surface area contributed by atoms with Gasteiger partial charge < -0.3 is 9.47 Å². The van der Waals surface area contributed by atoms with Crippen LogP contribution in [0.3, 0.4) is 0 Å². The maximum absolute atomic E-state index is 12.9. The smallest absolute Gasteiger partial charge is 0.194 e. The first-order valence-corrected chi connectivity index (χ1v) is 8.87. The van der Waals surface area contributed by atoms with Crippen molar-refractivity contribution in [1.29, 1.82) is 0 Å². The molecule has 2 aliphatic rings. The van der Waals surface area contributed by atoms with E-state index in [1.54, 1.807) is 36.4 Å². The van der Waals surface area contributed by atoms with Crippen LogP contribution < -0.4 is 0 Å². The number of benzene rings is 3. The zero-order chi connectivity index (χ0) is 18.4. The van der Waals surface area contributed by atoms with E-state index in [9.17, 15) is 9.59 Å². The minimum absolute atomic E-state index is 0.113. The van der Waals surface area contributed by atoms with Crippen molar-refractivity contribution >= 4 is 11.6 Å². The van der Waals surface area contributed by atoms with Gasteiger partial charge in [-0.25, -0.2) is 0 Å². The number of rotatable bonds is 2. The van der Waals surface area contributed by atoms with Crippen LogP contribution in [0.5, 0.6) is 0 Å².